The highest BCUT2D eigenvalue weighted by Gasteiger charge is 2.18. The van der Waals surface area contributed by atoms with Gasteiger partial charge in [0.05, 0.1) is 21.7 Å². The molecule has 4 nitrogen and oxygen atoms in total. The van der Waals surface area contributed by atoms with Gasteiger partial charge < -0.3 is 10.5 Å². The number of halogens is 1. The van der Waals surface area contributed by atoms with E-state index in [0.29, 0.717) is 18.0 Å². The zero-order valence-corrected chi connectivity index (χ0v) is 16.1. The van der Waals surface area contributed by atoms with E-state index >= 15 is 0 Å². The first kappa shape index (κ1) is 18.7. The molecule has 24 heavy (non-hydrogen) atoms. The molecule has 0 aliphatic rings. The van der Waals surface area contributed by atoms with E-state index in [2.05, 4.69) is 11.1 Å². The highest BCUT2D eigenvalue weighted by atomic mass is 35.5. The number of carbonyl (C=O) groups is 1. The number of aliphatic imine (C=N–C) groups is 1. The fraction of sp³-hybridized carbons (Fsp3) is 0.294. The Hall–Kier alpha value is -1.63. The average Bonchev–Trinajstić information content (AvgIpc) is 3.11. The van der Waals surface area contributed by atoms with Crippen LogP contribution in [0.1, 0.15) is 36.0 Å². The van der Waals surface area contributed by atoms with E-state index < -0.39 is 0 Å². The number of ether oxygens (including phenoxy) is 1. The monoisotopic (exact) mass is 382 g/mol. The molecule has 2 heterocycles. The Balaban J connectivity index is 0.00000208. The molecule has 128 valence electrons. The fourth-order valence-corrected chi connectivity index (χ4v) is 4.40. The van der Waals surface area contributed by atoms with E-state index in [1.807, 2.05) is 38.3 Å². The van der Waals surface area contributed by atoms with Crippen molar-refractivity contribution in [2.24, 2.45) is 10.7 Å². The van der Waals surface area contributed by atoms with Crippen molar-refractivity contribution in [3.8, 4) is 0 Å². The first-order valence-corrected chi connectivity index (χ1v) is 9.15. The Labute approximate surface area is 154 Å². The van der Waals surface area contributed by atoms with E-state index in [0.717, 1.165) is 25.0 Å². The highest BCUT2D eigenvalue weighted by Crippen LogP contribution is 2.37. The van der Waals surface area contributed by atoms with Crippen molar-refractivity contribution < 1.29 is 9.53 Å². The van der Waals surface area contributed by atoms with Crippen LogP contribution in [0.5, 0.6) is 0 Å². The summed E-state index contributed by atoms with van der Waals surface area (Å²) in [4.78, 5) is 17.6. The van der Waals surface area contributed by atoms with Gasteiger partial charge in [-0.2, -0.15) is 0 Å². The maximum atomic E-state index is 12.3. The van der Waals surface area contributed by atoms with Gasteiger partial charge in [-0.1, -0.05) is 0 Å². The zero-order chi connectivity index (χ0) is 16.6. The van der Waals surface area contributed by atoms with E-state index in [9.17, 15) is 4.79 Å². The number of amidine groups is 1. The number of carbonyl (C=O) groups excluding carboxylic acids is 1. The zero-order valence-electron chi connectivity index (χ0n) is 13.7. The second kappa shape index (κ2) is 7.51. The lowest BCUT2D eigenvalue weighted by Crippen LogP contribution is -2.13. The maximum absolute atomic E-state index is 12.3. The number of esters is 1. The number of hydrogen-bond donors (Lipinski definition) is 1. The van der Waals surface area contributed by atoms with Gasteiger partial charge in [-0.25, -0.2) is 4.79 Å². The molecule has 3 rings (SSSR count). The summed E-state index contributed by atoms with van der Waals surface area (Å²) in [7, 11) is 0. The molecule has 0 bridgehead atoms. The summed E-state index contributed by atoms with van der Waals surface area (Å²) < 4.78 is 7.19. The Morgan fingerprint density at radius 1 is 1.33 bits per heavy atom. The molecule has 0 aliphatic heterocycles. The third-order valence-corrected chi connectivity index (χ3v) is 5.44. The van der Waals surface area contributed by atoms with Gasteiger partial charge in [0.2, 0.25) is 0 Å². The van der Waals surface area contributed by atoms with Crippen LogP contribution in [-0.2, 0) is 4.74 Å². The summed E-state index contributed by atoms with van der Waals surface area (Å²) in [6.07, 6.45) is 0. The van der Waals surface area contributed by atoms with Gasteiger partial charge in [0.25, 0.3) is 0 Å². The largest absolute Gasteiger partial charge is 0.462 e. The van der Waals surface area contributed by atoms with Crippen LogP contribution in [0.4, 0.5) is 0 Å². The minimum absolute atomic E-state index is 0. The van der Waals surface area contributed by atoms with Crippen LogP contribution in [0.2, 0.25) is 0 Å². The molecule has 1 aromatic carbocycles. The molecule has 2 aromatic heterocycles. The number of fused-ring (bicyclic) bond motifs is 3. The van der Waals surface area contributed by atoms with Crippen LogP contribution >= 0.6 is 35.1 Å². The second-order valence-electron chi connectivity index (χ2n) is 5.44. The van der Waals surface area contributed by atoms with E-state index in [-0.39, 0.29) is 24.4 Å². The van der Waals surface area contributed by atoms with Crippen LogP contribution in [0.15, 0.2) is 28.6 Å². The number of hydrogen-bond acceptors (Lipinski definition) is 5. The molecule has 0 saturated heterocycles. The van der Waals surface area contributed by atoms with E-state index in [1.165, 1.54) is 11.3 Å². The third kappa shape index (κ3) is 3.41. The van der Waals surface area contributed by atoms with Crippen molar-refractivity contribution in [3.05, 3.63) is 34.0 Å². The lowest BCUT2D eigenvalue weighted by atomic mass is 10.1. The molecule has 7 heteroatoms. The summed E-state index contributed by atoms with van der Waals surface area (Å²) >= 11 is 3.11. The SMILES string of the molecule is CCOC(=O)c1cc2sccc2c2cc(C(N)=NC(C)C)sc12.Cl. The molecule has 2 N–H and O–H groups in total. The van der Waals surface area contributed by atoms with Crippen molar-refractivity contribution in [2.45, 2.75) is 26.8 Å². The first-order valence-electron chi connectivity index (χ1n) is 7.45. The molecule has 3 aromatic rings. The Kier molecular flexibility index (Phi) is 5.85. The van der Waals surface area contributed by atoms with Gasteiger partial charge in [-0.15, -0.1) is 35.1 Å². The van der Waals surface area contributed by atoms with Crippen molar-refractivity contribution in [1.29, 1.82) is 0 Å². The topological polar surface area (TPSA) is 64.7 Å². The number of nitrogens with two attached hydrogens (primary N) is 1. The lowest BCUT2D eigenvalue weighted by Gasteiger charge is -2.04. The summed E-state index contributed by atoms with van der Waals surface area (Å²) in [5.41, 5.74) is 6.71. The molecule has 0 fully saturated rings. The summed E-state index contributed by atoms with van der Waals surface area (Å²) in [5.74, 6) is 0.222. The van der Waals surface area contributed by atoms with E-state index in [4.69, 9.17) is 10.5 Å². The van der Waals surface area contributed by atoms with E-state index in [1.54, 1.807) is 11.3 Å². The van der Waals surface area contributed by atoms with Crippen LogP contribution < -0.4 is 5.73 Å². The fourth-order valence-electron chi connectivity index (χ4n) is 2.47. The molecule has 0 aliphatic carbocycles. The minimum atomic E-state index is -0.291. The second-order valence-corrected chi connectivity index (χ2v) is 7.44. The number of thiophene rings is 2. The van der Waals surface area contributed by atoms with Crippen LogP contribution in [0.3, 0.4) is 0 Å². The first-order chi connectivity index (χ1) is 11.0. The molecule has 0 atom stereocenters. The summed E-state index contributed by atoms with van der Waals surface area (Å²) in [6, 6.07) is 6.14. The predicted octanol–water partition coefficient (Wildman–Crippen LogP) is 4.83. The van der Waals surface area contributed by atoms with Gasteiger partial charge in [-0.3, -0.25) is 4.99 Å². The molecule has 0 spiro atoms. The summed E-state index contributed by atoms with van der Waals surface area (Å²) in [6.45, 7) is 6.15. The smallest absolute Gasteiger partial charge is 0.339 e. The van der Waals surface area contributed by atoms with Gasteiger partial charge in [-0.05, 0) is 44.4 Å². The van der Waals surface area contributed by atoms with Crippen molar-refractivity contribution in [2.75, 3.05) is 6.61 Å². The molecular weight excluding hydrogens is 364 g/mol. The van der Waals surface area contributed by atoms with Crippen LogP contribution in [0, 0.1) is 0 Å². The van der Waals surface area contributed by atoms with Crippen molar-refractivity contribution >= 4 is 67.1 Å². The standard InChI is InChI=1S/C17H18N2O2S2.ClH/c1-4-21-17(20)12-8-13-10(5-6-22-13)11-7-14(23-15(11)12)16(18)19-9(2)3;/h5-9H,4H2,1-3H3,(H2,18,19);1H. The molecular formula is C17H19ClN2O2S2. The highest BCUT2D eigenvalue weighted by molar-refractivity contribution is 7.22. The van der Waals surface area contributed by atoms with Crippen molar-refractivity contribution in [3.63, 3.8) is 0 Å². The van der Waals surface area contributed by atoms with Gasteiger partial charge in [0, 0.05) is 21.5 Å². The molecule has 0 unspecified atom stereocenters. The normalized spacial score (nSPS) is 11.9. The Bertz CT molecular complexity index is 912. The van der Waals surface area contributed by atoms with Crippen LogP contribution in [-0.4, -0.2) is 24.5 Å². The number of rotatable bonds is 4. The summed E-state index contributed by atoms with van der Waals surface area (Å²) in [5, 5.41) is 4.20. The Morgan fingerprint density at radius 3 is 2.75 bits per heavy atom. The predicted molar refractivity (Wildman–Crippen MR) is 106 cm³/mol. The number of benzene rings is 1. The quantitative estimate of drug-likeness (QED) is 0.399. The maximum Gasteiger partial charge on any atom is 0.339 e. The lowest BCUT2D eigenvalue weighted by molar-refractivity contribution is 0.0529. The molecule has 0 radical (unpaired) electrons. The van der Waals surface area contributed by atoms with Gasteiger partial charge in [0.15, 0.2) is 0 Å². The Morgan fingerprint density at radius 2 is 2.08 bits per heavy atom. The van der Waals surface area contributed by atoms with Gasteiger partial charge >= 0.3 is 5.97 Å². The number of nitrogens with zero attached hydrogens (tertiary/aromatic N) is 1. The molecule has 0 amide bonds. The van der Waals surface area contributed by atoms with Gasteiger partial charge in [0.1, 0.15) is 5.84 Å². The average molecular weight is 383 g/mol. The molecule has 0 saturated carbocycles. The van der Waals surface area contributed by atoms with Crippen molar-refractivity contribution in [1.82, 2.24) is 0 Å². The van der Waals surface area contributed by atoms with Crippen LogP contribution in [0.25, 0.3) is 20.2 Å². The minimum Gasteiger partial charge on any atom is -0.462 e. The third-order valence-electron chi connectivity index (χ3n) is 3.38.